The second kappa shape index (κ2) is 8.72. The van der Waals surface area contributed by atoms with Crippen LogP contribution in [-0.4, -0.2) is 47.6 Å². The van der Waals surface area contributed by atoms with Crippen LogP contribution in [0.25, 0.3) is 0 Å². The number of anilines is 1. The van der Waals surface area contributed by atoms with Gasteiger partial charge in [-0.25, -0.2) is 9.18 Å². The van der Waals surface area contributed by atoms with Gasteiger partial charge in [-0.3, -0.25) is 9.80 Å². The second-order valence-corrected chi connectivity index (χ2v) is 11.3. The van der Waals surface area contributed by atoms with Gasteiger partial charge in [0.15, 0.2) is 5.82 Å². The number of carbonyl (C=O) groups is 1. The maximum atomic E-state index is 15.3. The average Bonchev–Trinajstić information content (AvgIpc) is 2.99. The molecule has 1 heterocycles. The molecule has 2 amide bonds. The van der Waals surface area contributed by atoms with Gasteiger partial charge in [-0.1, -0.05) is 34.8 Å². The predicted octanol–water partition coefficient (Wildman–Crippen LogP) is 5.43. The molecule has 1 saturated heterocycles. The highest BCUT2D eigenvalue weighted by Gasteiger charge is 2.56. The van der Waals surface area contributed by atoms with Gasteiger partial charge < -0.3 is 4.74 Å². The zero-order valence-corrected chi connectivity index (χ0v) is 20.9. The van der Waals surface area contributed by atoms with E-state index < -0.39 is 22.7 Å². The van der Waals surface area contributed by atoms with Crippen molar-refractivity contribution in [1.82, 2.24) is 10.0 Å². The van der Waals surface area contributed by atoms with Gasteiger partial charge in [-0.2, -0.15) is 9.51 Å². The number of hydrogen-bond acceptors (Lipinski definition) is 3. The molecule has 1 aliphatic carbocycles. The lowest BCUT2D eigenvalue weighted by atomic mass is 9.68. The molecule has 33 heavy (non-hydrogen) atoms. The molecule has 2 aromatic rings. The maximum absolute atomic E-state index is 15.3. The highest BCUT2D eigenvalue weighted by Crippen LogP contribution is 2.50. The first-order chi connectivity index (χ1) is 15.5. The highest BCUT2D eigenvalue weighted by molar-refractivity contribution is 7.38. The van der Waals surface area contributed by atoms with Crippen molar-refractivity contribution in [2.75, 3.05) is 25.5 Å². The molecule has 1 aliphatic heterocycles. The number of ether oxygens (including phenoxy) is 1. The summed E-state index contributed by atoms with van der Waals surface area (Å²) in [6.07, 6.45) is 2.18. The Hall–Kier alpha value is -1.88. The fraction of sp³-hybridized carbons (Fsp3) is 0.435. The lowest BCUT2D eigenvalue weighted by Crippen LogP contribution is -2.53. The number of halogens is 3. The molecule has 2 aromatic carbocycles. The van der Waals surface area contributed by atoms with E-state index >= 15 is 4.48 Å². The fourth-order valence-corrected chi connectivity index (χ4v) is 5.37. The van der Waals surface area contributed by atoms with Crippen LogP contribution < -0.4 is 9.64 Å². The molecule has 1 saturated carbocycles. The summed E-state index contributed by atoms with van der Waals surface area (Å²) in [6.45, 7) is 0.0397. The van der Waals surface area contributed by atoms with Crippen molar-refractivity contribution in [3.8, 4) is 5.75 Å². The Balaban J connectivity index is 1.57. The molecular weight excluding hydrogens is 469 g/mol. The summed E-state index contributed by atoms with van der Waals surface area (Å²) in [5.74, 6) is -0.827. The molecule has 0 aromatic heterocycles. The first kappa shape index (κ1) is 24.3. The van der Waals surface area contributed by atoms with Crippen molar-refractivity contribution in [1.29, 1.82) is 0 Å². The third kappa shape index (κ3) is 4.45. The largest absolute Gasteiger partial charge is 0.452 e. The SMILES string of the molecule is CN(C)C1(c2ccccc2)CCC2(CC1)CN(c1ccc(OC(F)(P)P)cc1F)C(=O)N2F. The molecule has 2 unspecified atom stereocenters. The van der Waals surface area contributed by atoms with E-state index in [0.717, 1.165) is 16.5 Å². The molecule has 2 atom stereocenters. The minimum atomic E-state index is -2.14. The zero-order valence-electron chi connectivity index (χ0n) is 18.6. The van der Waals surface area contributed by atoms with E-state index in [1.54, 1.807) is 0 Å². The maximum Gasteiger partial charge on any atom is 0.353 e. The molecular formula is C23H28F3N3O2P2. The number of alkyl halides is 1. The normalized spacial score (nSPS) is 25.9. The van der Waals surface area contributed by atoms with Gasteiger partial charge in [0.2, 0.25) is 0 Å². The molecule has 10 heteroatoms. The molecule has 4 rings (SSSR count). The molecule has 2 aliphatic rings. The van der Waals surface area contributed by atoms with Crippen LogP contribution >= 0.6 is 18.5 Å². The summed E-state index contributed by atoms with van der Waals surface area (Å²) in [4.78, 5) is 16.1. The first-order valence-electron chi connectivity index (χ1n) is 10.7. The van der Waals surface area contributed by atoms with E-state index in [-0.39, 0.29) is 28.6 Å². The molecule has 0 N–H and O–H groups in total. The van der Waals surface area contributed by atoms with Crippen LogP contribution in [0.3, 0.4) is 0 Å². The second-order valence-electron chi connectivity index (χ2n) is 9.08. The van der Waals surface area contributed by atoms with Crippen LogP contribution in [0, 0.1) is 5.82 Å². The van der Waals surface area contributed by atoms with E-state index in [9.17, 15) is 13.6 Å². The Labute approximate surface area is 196 Å². The molecule has 0 bridgehead atoms. The monoisotopic (exact) mass is 497 g/mol. The van der Waals surface area contributed by atoms with Gasteiger partial charge in [0.05, 0.1) is 17.8 Å². The minimum absolute atomic E-state index is 0.0397. The van der Waals surface area contributed by atoms with Crippen LogP contribution in [0.2, 0.25) is 0 Å². The van der Waals surface area contributed by atoms with Crippen molar-refractivity contribution >= 4 is 30.2 Å². The number of nitrogens with zero attached hydrogens (tertiary/aromatic N) is 3. The van der Waals surface area contributed by atoms with E-state index in [4.69, 9.17) is 4.74 Å². The van der Waals surface area contributed by atoms with Gasteiger partial charge in [0.1, 0.15) is 5.75 Å². The van der Waals surface area contributed by atoms with Gasteiger partial charge >= 0.3 is 6.03 Å². The van der Waals surface area contributed by atoms with Crippen molar-refractivity contribution in [3.63, 3.8) is 0 Å². The smallest absolute Gasteiger partial charge is 0.353 e. The molecule has 0 radical (unpaired) electrons. The van der Waals surface area contributed by atoms with E-state index in [2.05, 4.69) is 17.0 Å². The Bertz CT molecular complexity index is 1030. The highest BCUT2D eigenvalue weighted by atomic mass is 31.1. The summed E-state index contributed by atoms with van der Waals surface area (Å²) < 4.78 is 48.8. The minimum Gasteiger partial charge on any atom is -0.452 e. The Morgan fingerprint density at radius 2 is 1.70 bits per heavy atom. The van der Waals surface area contributed by atoms with Crippen LogP contribution in [0.15, 0.2) is 48.5 Å². The van der Waals surface area contributed by atoms with Gasteiger partial charge in [0, 0.05) is 11.6 Å². The standard InChI is InChI=1S/C23H28F3N3O2P2/c1-27(2)22(16-6-4-3-5-7-16)12-10-21(11-13-22)15-28(20(30)29(21)26)19-9-8-17(14-18(19)24)31-23(25,32)33/h3-9,14H,10-13,15,32-33H2,1-2H3. The lowest BCUT2D eigenvalue weighted by molar-refractivity contribution is -0.0562. The van der Waals surface area contributed by atoms with Crippen LogP contribution in [0.5, 0.6) is 5.75 Å². The van der Waals surface area contributed by atoms with Gasteiger partial charge in [0.25, 0.3) is 5.34 Å². The number of amides is 2. The molecule has 178 valence electrons. The van der Waals surface area contributed by atoms with Crippen LogP contribution in [0.1, 0.15) is 31.2 Å². The summed E-state index contributed by atoms with van der Waals surface area (Å²) in [7, 11) is 7.69. The zero-order chi connectivity index (χ0) is 24.0. The number of rotatable bonds is 5. The van der Waals surface area contributed by atoms with Crippen molar-refractivity contribution in [2.45, 2.75) is 42.1 Å². The Morgan fingerprint density at radius 1 is 1.06 bits per heavy atom. The average molecular weight is 497 g/mol. The number of urea groups is 1. The van der Waals surface area contributed by atoms with Crippen LogP contribution in [-0.2, 0) is 5.54 Å². The fourth-order valence-electron chi connectivity index (χ4n) is 5.10. The predicted molar refractivity (Wildman–Crippen MR) is 129 cm³/mol. The molecule has 5 nitrogen and oxygen atoms in total. The molecule has 1 spiro atoms. The summed E-state index contributed by atoms with van der Waals surface area (Å²) >= 11 is 0. The number of hydrogen-bond donors (Lipinski definition) is 0. The topological polar surface area (TPSA) is 36.0 Å². The molecule has 2 fully saturated rings. The quantitative estimate of drug-likeness (QED) is 0.408. The Kier molecular flexibility index (Phi) is 6.41. The van der Waals surface area contributed by atoms with Crippen molar-refractivity contribution in [2.24, 2.45) is 0 Å². The van der Waals surface area contributed by atoms with E-state index in [1.165, 1.54) is 12.1 Å². The first-order valence-corrected chi connectivity index (χ1v) is 11.9. The van der Waals surface area contributed by atoms with Gasteiger partial charge in [-0.15, -0.1) is 0 Å². The number of carbonyl (C=O) groups excluding carboxylic acids is 1. The van der Waals surface area contributed by atoms with E-state index in [0.29, 0.717) is 25.7 Å². The lowest BCUT2D eigenvalue weighted by Gasteiger charge is -2.49. The third-order valence-electron chi connectivity index (χ3n) is 6.93. The van der Waals surface area contributed by atoms with Crippen molar-refractivity contribution in [3.05, 3.63) is 59.9 Å². The third-order valence-corrected chi connectivity index (χ3v) is 7.16. The van der Waals surface area contributed by atoms with Crippen molar-refractivity contribution < 1.29 is 22.8 Å². The number of benzene rings is 2. The Morgan fingerprint density at radius 3 is 2.24 bits per heavy atom. The van der Waals surface area contributed by atoms with E-state index in [1.807, 2.05) is 50.8 Å². The summed E-state index contributed by atoms with van der Waals surface area (Å²) in [6, 6.07) is 12.9. The summed E-state index contributed by atoms with van der Waals surface area (Å²) in [5.41, 5.74) is -0.189. The summed E-state index contributed by atoms with van der Waals surface area (Å²) in [5, 5.41) is -1.86. The van der Waals surface area contributed by atoms with Gasteiger partial charge in [-0.05, 0) is 76.0 Å². The van der Waals surface area contributed by atoms with Crippen LogP contribution in [0.4, 0.5) is 23.7 Å².